The molecule has 138 valence electrons. The van der Waals surface area contributed by atoms with Gasteiger partial charge >= 0.3 is 0 Å². The number of ether oxygens (including phenoxy) is 1. The molecule has 0 amide bonds. The van der Waals surface area contributed by atoms with Crippen molar-refractivity contribution >= 4 is 11.6 Å². The van der Waals surface area contributed by atoms with Gasteiger partial charge in [0.05, 0.1) is 12.0 Å². The van der Waals surface area contributed by atoms with E-state index in [0.717, 1.165) is 11.1 Å². The summed E-state index contributed by atoms with van der Waals surface area (Å²) < 4.78 is 5.36. The summed E-state index contributed by atoms with van der Waals surface area (Å²) in [6, 6.07) is 14.1. The molecule has 2 aromatic rings. The van der Waals surface area contributed by atoms with E-state index in [4.69, 9.17) is 16.3 Å². The van der Waals surface area contributed by atoms with Gasteiger partial charge in [-0.25, -0.2) is 0 Å². The maximum absolute atomic E-state index is 12.0. The van der Waals surface area contributed by atoms with Crippen molar-refractivity contribution in [1.82, 2.24) is 5.32 Å². The van der Waals surface area contributed by atoms with Crippen LogP contribution in [0.1, 0.15) is 30.0 Å². The maximum atomic E-state index is 12.0. The third-order valence-electron chi connectivity index (χ3n) is 4.77. The Labute approximate surface area is 156 Å². The molecule has 0 bridgehead atoms. The minimum absolute atomic E-state index is 0.275. The lowest BCUT2D eigenvalue weighted by Crippen LogP contribution is -2.41. The van der Waals surface area contributed by atoms with Crippen LogP contribution >= 0.6 is 11.6 Å². The van der Waals surface area contributed by atoms with Crippen LogP contribution in [0.4, 0.5) is 0 Å². The molecule has 1 heterocycles. The number of nitro groups is 1. The Balaban J connectivity index is 2.04. The van der Waals surface area contributed by atoms with E-state index in [1.807, 2.05) is 30.3 Å². The lowest BCUT2D eigenvalue weighted by Gasteiger charge is -2.24. The van der Waals surface area contributed by atoms with Crippen molar-refractivity contribution in [1.29, 1.82) is 0 Å². The van der Waals surface area contributed by atoms with Crippen LogP contribution in [0.2, 0.25) is 5.02 Å². The van der Waals surface area contributed by atoms with Gasteiger partial charge < -0.3 is 9.84 Å². The van der Waals surface area contributed by atoms with Gasteiger partial charge in [-0.1, -0.05) is 54.1 Å². The van der Waals surface area contributed by atoms with Gasteiger partial charge in [0, 0.05) is 16.6 Å². The molecule has 0 spiro atoms. The Bertz CT molecular complexity index is 741. The van der Waals surface area contributed by atoms with E-state index in [1.54, 1.807) is 31.2 Å². The second-order valence-corrected chi connectivity index (χ2v) is 6.72. The van der Waals surface area contributed by atoms with Crippen LogP contribution in [0.25, 0.3) is 0 Å². The molecule has 7 heteroatoms. The van der Waals surface area contributed by atoms with Crippen molar-refractivity contribution in [3.8, 4) is 0 Å². The van der Waals surface area contributed by atoms with Crippen LogP contribution in [-0.4, -0.2) is 35.0 Å². The summed E-state index contributed by atoms with van der Waals surface area (Å²) in [5.41, 5.74) is 1.55. The van der Waals surface area contributed by atoms with Crippen LogP contribution in [0.3, 0.4) is 0 Å². The normalized spacial score (nSPS) is 26.6. The smallest absolute Gasteiger partial charge is 0.240 e. The van der Waals surface area contributed by atoms with E-state index in [-0.39, 0.29) is 4.92 Å². The maximum Gasteiger partial charge on any atom is 0.240 e. The fourth-order valence-corrected chi connectivity index (χ4v) is 3.79. The first-order valence-electron chi connectivity index (χ1n) is 8.52. The number of aliphatic hydroxyl groups excluding tert-OH is 1. The first-order chi connectivity index (χ1) is 12.5. The van der Waals surface area contributed by atoms with Crippen LogP contribution < -0.4 is 5.32 Å². The monoisotopic (exact) mass is 376 g/mol. The summed E-state index contributed by atoms with van der Waals surface area (Å²) >= 11 is 5.95. The predicted octanol–water partition coefficient (Wildman–Crippen LogP) is 3.14. The van der Waals surface area contributed by atoms with Gasteiger partial charge in [0.15, 0.2) is 6.29 Å². The molecule has 2 aromatic carbocycles. The summed E-state index contributed by atoms with van der Waals surface area (Å²) in [5, 5.41) is 26.2. The molecule has 1 unspecified atom stereocenters. The number of rotatable bonds is 6. The highest BCUT2D eigenvalue weighted by molar-refractivity contribution is 6.30. The molecule has 1 aliphatic rings. The highest BCUT2D eigenvalue weighted by Crippen LogP contribution is 2.41. The third-order valence-corrected chi connectivity index (χ3v) is 5.02. The summed E-state index contributed by atoms with van der Waals surface area (Å²) in [6.45, 7) is 2.09. The van der Waals surface area contributed by atoms with Crippen molar-refractivity contribution in [3.05, 3.63) is 80.9 Å². The van der Waals surface area contributed by atoms with E-state index in [0.29, 0.717) is 11.6 Å². The number of hydrogen-bond acceptors (Lipinski definition) is 5. The molecule has 1 aliphatic heterocycles. The molecule has 0 radical (unpaired) electrons. The van der Waals surface area contributed by atoms with E-state index >= 15 is 0 Å². The zero-order valence-corrected chi connectivity index (χ0v) is 15.0. The van der Waals surface area contributed by atoms with Crippen LogP contribution in [0.5, 0.6) is 0 Å². The van der Waals surface area contributed by atoms with Crippen molar-refractivity contribution in [3.63, 3.8) is 0 Å². The number of nitrogens with one attached hydrogen (secondary N) is 1. The van der Waals surface area contributed by atoms with Crippen molar-refractivity contribution in [2.45, 2.75) is 37.3 Å². The Morgan fingerprint density at radius 3 is 2.42 bits per heavy atom. The highest BCUT2D eigenvalue weighted by atomic mass is 35.5. The Hall–Kier alpha value is -1.99. The zero-order valence-electron chi connectivity index (χ0n) is 14.3. The highest BCUT2D eigenvalue weighted by Gasteiger charge is 2.54. The van der Waals surface area contributed by atoms with Gasteiger partial charge in [0.2, 0.25) is 6.04 Å². The molecule has 1 saturated heterocycles. The lowest BCUT2D eigenvalue weighted by atomic mass is 9.85. The van der Waals surface area contributed by atoms with Gasteiger partial charge in [0.25, 0.3) is 0 Å². The third kappa shape index (κ3) is 3.73. The molecule has 1 fully saturated rings. The standard InChI is InChI=1S/C19H21ClN2O4/c1-2-26-19(23)17-15(12-6-4-3-5-7-12)18(22(24)25)16(21-17)13-8-10-14(20)11-9-13/h3-11,15-19,21,23H,2H2,1H3/t15-,16+,17+,18+,19?/m0/s1. The molecule has 6 nitrogen and oxygen atoms in total. The van der Waals surface area contributed by atoms with Gasteiger partial charge in [-0.2, -0.15) is 0 Å². The van der Waals surface area contributed by atoms with E-state index in [2.05, 4.69) is 5.32 Å². The van der Waals surface area contributed by atoms with Crippen LogP contribution in [0, 0.1) is 10.1 Å². The zero-order chi connectivity index (χ0) is 18.7. The Morgan fingerprint density at radius 1 is 1.19 bits per heavy atom. The van der Waals surface area contributed by atoms with E-state index in [1.165, 1.54) is 0 Å². The minimum Gasteiger partial charge on any atom is -0.367 e. The average molecular weight is 377 g/mol. The van der Waals surface area contributed by atoms with Gasteiger partial charge in [-0.05, 0) is 30.2 Å². The molecular weight excluding hydrogens is 356 g/mol. The SMILES string of the molecule is CCOC(O)[C@@H]1N[C@H](c2ccc(Cl)cc2)[C@H]([N+](=O)[O-])[C@H]1c1ccccc1. The Kier molecular flexibility index (Phi) is 5.88. The van der Waals surface area contributed by atoms with Gasteiger partial charge in [0.1, 0.15) is 6.04 Å². The molecular formula is C19H21ClN2O4. The summed E-state index contributed by atoms with van der Waals surface area (Å²) in [5.74, 6) is -0.534. The second kappa shape index (κ2) is 8.14. The molecule has 0 aromatic heterocycles. The lowest BCUT2D eigenvalue weighted by molar-refractivity contribution is -0.527. The molecule has 3 rings (SSSR count). The second-order valence-electron chi connectivity index (χ2n) is 6.28. The van der Waals surface area contributed by atoms with Crippen LogP contribution in [0.15, 0.2) is 54.6 Å². The molecule has 5 atom stereocenters. The van der Waals surface area contributed by atoms with Crippen molar-refractivity contribution in [2.24, 2.45) is 0 Å². The number of nitrogens with zero attached hydrogens (tertiary/aromatic N) is 1. The van der Waals surface area contributed by atoms with Crippen molar-refractivity contribution < 1.29 is 14.8 Å². The fourth-order valence-electron chi connectivity index (χ4n) is 3.66. The summed E-state index contributed by atoms with van der Waals surface area (Å²) in [4.78, 5) is 11.7. The average Bonchev–Trinajstić information content (AvgIpc) is 3.04. The number of hydrogen-bond donors (Lipinski definition) is 2. The number of aliphatic hydroxyl groups is 1. The van der Waals surface area contributed by atoms with Gasteiger partial charge in [-0.15, -0.1) is 0 Å². The Morgan fingerprint density at radius 2 is 1.85 bits per heavy atom. The van der Waals surface area contributed by atoms with E-state index < -0.39 is 30.3 Å². The minimum atomic E-state index is -1.15. The fraction of sp³-hybridized carbons (Fsp3) is 0.368. The number of halogens is 1. The summed E-state index contributed by atoms with van der Waals surface area (Å²) in [6.07, 6.45) is -1.15. The topological polar surface area (TPSA) is 84.6 Å². The number of benzene rings is 2. The van der Waals surface area contributed by atoms with E-state index in [9.17, 15) is 15.2 Å². The molecule has 0 aliphatic carbocycles. The van der Waals surface area contributed by atoms with Crippen molar-refractivity contribution in [2.75, 3.05) is 6.61 Å². The first-order valence-corrected chi connectivity index (χ1v) is 8.90. The summed E-state index contributed by atoms with van der Waals surface area (Å²) in [7, 11) is 0. The largest absolute Gasteiger partial charge is 0.367 e. The molecule has 2 N–H and O–H groups in total. The van der Waals surface area contributed by atoms with Crippen LogP contribution in [-0.2, 0) is 4.74 Å². The quantitative estimate of drug-likeness (QED) is 0.459. The molecule has 26 heavy (non-hydrogen) atoms. The molecule has 0 saturated carbocycles. The first kappa shape index (κ1) is 18.8. The predicted molar refractivity (Wildman–Crippen MR) is 98.7 cm³/mol. The van der Waals surface area contributed by atoms with Gasteiger partial charge in [-0.3, -0.25) is 15.4 Å².